The summed E-state index contributed by atoms with van der Waals surface area (Å²) in [5.74, 6) is 0.969. The smallest absolute Gasteiger partial charge is 0.259 e. The van der Waals surface area contributed by atoms with E-state index in [0.29, 0.717) is 43.3 Å². The Bertz CT molecular complexity index is 1200. The molecule has 0 unspecified atom stereocenters. The number of hydrogen-bond acceptors (Lipinski definition) is 4. The van der Waals surface area contributed by atoms with Gasteiger partial charge in [0.15, 0.2) is 0 Å². The Kier molecular flexibility index (Phi) is 5.39. The summed E-state index contributed by atoms with van der Waals surface area (Å²) >= 11 is 0. The lowest BCUT2D eigenvalue weighted by Gasteiger charge is -2.29. The van der Waals surface area contributed by atoms with Crippen molar-refractivity contribution < 1.29 is 13.7 Å². The lowest BCUT2D eigenvalue weighted by Crippen LogP contribution is -2.29. The first kappa shape index (κ1) is 20.6. The molecule has 1 aliphatic rings. The minimum atomic E-state index is -1.32. The van der Waals surface area contributed by atoms with E-state index >= 15 is 4.39 Å². The maximum atomic E-state index is 15.1. The van der Waals surface area contributed by atoms with Crippen molar-refractivity contribution in [2.24, 2.45) is 0 Å². The predicted octanol–water partition coefficient (Wildman–Crippen LogP) is 5.85. The van der Waals surface area contributed by atoms with E-state index in [0.717, 1.165) is 23.4 Å². The maximum Gasteiger partial charge on any atom is 0.259 e. The van der Waals surface area contributed by atoms with Crippen molar-refractivity contribution in [2.75, 3.05) is 13.2 Å². The van der Waals surface area contributed by atoms with Crippen LogP contribution in [0.2, 0.25) is 0 Å². The van der Waals surface area contributed by atoms with Crippen molar-refractivity contribution in [1.82, 2.24) is 14.7 Å². The lowest BCUT2D eigenvalue weighted by atomic mass is 9.88. The fourth-order valence-electron chi connectivity index (χ4n) is 4.15. The molecule has 0 spiro atoms. The highest BCUT2D eigenvalue weighted by Gasteiger charge is 2.34. The van der Waals surface area contributed by atoms with Crippen LogP contribution in [0.4, 0.5) is 4.39 Å². The largest absolute Gasteiger partial charge is 0.381 e. The van der Waals surface area contributed by atoms with Crippen molar-refractivity contribution in [2.45, 2.75) is 38.9 Å². The average Bonchev–Trinajstić information content (AvgIpc) is 3.43. The summed E-state index contributed by atoms with van der Waals surface area (Å²) in [4.78, 5) is 4.58. The van der Waals surface area contributed by atoms with Gasteiger partial charge in [-0.25, -0.2) is 4.39 Å². The summed E-state index contributed by atoms with van der Waals surface area (Å²) in [5.41, 5.74) is 4.65. The molecular weight excluding hydrogens is 405 g/mol. The number of benzene rings is 2. The van der Waals surface area contributed by atoms with E-state index in [4.69, 9.17) is 9.26 Å². The van der Waals surface area contributed by atoms with Crippen LogP contribution in [0, 0.1) is 13.8 Å². The number of halogens is 1. The van der Waals surface area contributed by atoms with Gasteiger partial charge in [-0.1, -0.05) is 59.3 Å². The quantitative estimate of drug-likeness (QED) is 0.398. The Morgan fingerprint density at radius 2 is 1.69 bits per heavy atom. The molecule has 2 aromatic carbocycles. The highest BCUT2D eigenvalue weighted by molar-refractivity contribution is 5.60. The van der Waals surface area contributed by atoms with Gasteiger partial charge in [0, 0.05) is 50.1 Å². The van der Waals surface area contributed by atoms with Gasteiger partial charge in [-0.3, -0.25) is 0 Å². The lowest BCUT2D eigenvalue weighted by molar-refractivity contribution is -0.0114. The van der Waals surface area contributed by atoms with E-state index in [-0.39, 0.29) is 0 Å². The van der Waals surface area contributed by atoms with Gasteiger partial charge in [0.2, 0.25) is 5.82 Å². The fraction of sp³-hybridized carbons (Fsp3) is 0.308. The number of hydrogen-bond donors (Lipinski definition) is 0. The van der Waals surface area contributed by atoms with Crippen molar-refractivity contribution >= 4 is 0 Å². The van der Waals surface area contributed by atoms with E-state index < -0.39 is 5.67 Å². The molecule has 4 aromatic rings. The molecule has 0 radical (unpaired) electrons. The third-order valence-electron chi connectivity index (χ3n) is 6.20. The Balaban J connectivity index is 1.34. The Morgan fingerprint density at radius 3 is 2.41 bits per heavy atom. The molecule has 164 valence electrons. The van der Waals surface area contributed by atoms with E-state index in [1.807, 2.05) is 36.5 Å². The summed E-state index contributed by atoms with van der Waals surface area (Å²) in [5, 5.41) is 4.15. The molecule has 1 fully saturated rings. The molecule has 32 heavy (non-hydrogen) atoms. The van der Waals surface area contributed by atoms with Crippen molar-refractivity contribution in [1.29, 1.82) is 0 Å². The average molecular weight is 432 g/mol. The molecule has 0 N–H and O–H groups in total. The Labute approximate surface area is 186 Å². The van der Waals surface area contributed by atoms with E-state index in [9.17, 15) is 0 Å². The van der Waals surface area contributed by atoms with E-state index in [1.54, 1.807) is 0 Å². The molecule has 0 amide bonds. The van der Waals surface area contributed by atoms with Gasteiger partial charge in [-0.05, 0) is 31.0 Å². The van der Waals surface area contributed by atoms with Gasteiger partial charge < -0.3 is 13.8 Å². The van der Waals surface area contributed by atoms with Crippen LogP contribution < -0.4 is 0 Å². The zero-order valence-electron chi connectivity index (χ0n) is 18.3. The summed E-state index contributed by atoms with van der Waals surface area (Å²) in [6.45, 7) is 5.84. The second kappa shape index (κ2) is 8.36. The maximum absolute atomic E-state index is 15.1. The van der Waals surface area contributed by atoms with Gasteiger partial charge in [-0.15, -0.1) is 0 Å². The standard InChI is InChI=1S/C26H26FN3O2/c1-18-3-5-20(6-4-18)16-30-17-22(15-19(30)2)25-28-24(29-32-25)21-7-9-23(10-8-21)26(27)11-13-31-14-12-26/h3-10,15,17H,11-14,16H2,1-2H3. The van der Waals surface area contributed by atoms with Gasteiger partial charge in [-0.2, -0.15) is 4.98 Å². The normalized spacial score (nSPS) is 15.7. The number of alkyl halides is 1. The summed E-state index contributed by atoms with van der Waals surface area (Å²) < 4.78 is 28.2. The molecule has 3 heterocycles. The predicted molar refractivity (Wildman–Crippen MR) is 121 cm³/mol. The highest BCUT2D eigenvalue weighted by atomic mass is 19.1. The third-order valence-corrected chi connectivity index (χ3v) is 6.20. The molecule has 1 saturated heterocycles. The number of aryl methyl sites for hydroxylation is 2. The van der Waals surface area contributed by atoms with E-state index in [1.165, 1.54) is 11.1 Å². The Morgan fingerprint density at radius 1 is 0.969 bits per heavy atom. The zero-order chi connectivity index (χ0) is 22.1. The zero-order valence-corrected chi connectivity index (χ0v) is 18.3. The first-order valence-corrected chi connectivity index (χ1v) is 10.9. The van der Waals surface area contributed by atoms with Crippen LogP contribution in [0.15, 0.2) is 65.3 Å². The summed E-state index contributed by atoms with van der Waals surface area (Å²) in [6, 6.07) is 17.9. The number of nitrogens with zero attached hydrogens (tertiary/aromatic N) is 3. The molecule has 2 aromatic heterocycles. The van der Waals surface area contributed by atoms with Crippen molar-refractivity contribution in [3.05, 3.63) is 83.2 Å². The molecular formula is C26H26FN3O2. The highest BCUT2D eigenvalue weighted by Crippen LogP contribution is 2.37. The first-order chi connectivity index (χ1) is 15.5. The van der Waals surface area contributed by atoms with Crippen LogP contribution in [0.25, 0.3) is 22.8 Å². The molecule has 1 aliphatic heterocycles. The molecule has 0 aliphatic carbocycles. The minimum absolute atomic E-state index is 0.387. The van der Waals surface area contributed by atoms with Crippen molar-refractivity contribution in [3.8, 4) is 22.8 Å². The molecule has 6 heteroatoms. The monoisotopic (exact) mass is 431 g/mol. The third kappa shape index (κ3) is 4.10. The SMILES string of the molecule is Cc1ccc(Cn2cc(-c3nc(-c4ccc(C5(F)CCOCC5)cc4)no3)cc2C)cc1. The minimum Gasteiger partial charge on any atom is -0.381 e. The van der Waals surface area contributed by atoms with Crippen LogP contribution in [-0.2, 0) is 17.0 Å². The van der Waals surface area contributed by atoms with Gasteiger partial charge >= 0.3 is 0 Å². The number of aromatic nitrogens is 3. The number of ether oxygens (including phenoxy) is 1. The summed E-state index contributed by atoms with van der Waals surface area (Å²) in [7, 11) is 0. The van der Waals surface area contributed by atoms with Gasteiger partial charge in [0.25, 0.3) is 5.89 Å². The van der Waals surface area contributed by atoms with E-state index in [2.05, 4.69) is 52.8 Å². The molecule has 5 rings (SSSR count). The van der Waals surface area contributed by atoms with Crippen LogP contribution in [0.3, 0.4) is 0 Å². The molecule has 5 nitrogen and oxygen atoms in total. The second-order valence-electron chi connectivity index (χ2n) is 8.56. The second-order valence-corrected chi connectivity index (χ2v) is 8.56. The van der Waals surface area contributed by atoms with Gasteiger partial charge in [0.1, 0.15) is 5.67 Å². The summed E-state index contributed by atoms with van der Waals surface area (Å²) in [6.07, 6.45) is 2.81. The van der Waals surface area contributed by atoms with Gasteiger partial charge in [0.05, 0.1) is 5.56 Å². The Hall–Kier alpha value is -3.25. The molecule has 0 saturated carbocycles. The number of rotatable bonds is 5. The van der Waals surface area contributed by atoms with Crippen LogP contribution >= 0.6 is 0 Å². The van der Waals surface area contributed by atoms with Crippen LogP contribution in [-0.4, -0.2) is 27.9 Å². The topological polar surface area (TPSA) is 53.1 Å². The van der Waals surface area contributed by atoms with Crippen LogP contribution in [0.1, 0.15) is 35.2 Å². The van der Waals surface area contributed by atoms with Crippen molar-refractivity contribution in [3.63, 3.8) is 0 Å². The first-order valence-electron chi connectivity index (χ1n) is 10.9. The molecule has 0 bridgehead atoms. The molecule has 0 atom stereocenters. The van der Waals surface area contributed by atoms with Crippen LogP contribution in [0.5, 0.6) is 0 Å². The fourth-order valence-corrected chi connectivity index (χ4v) is 4.15.